The average molecular weight is 1420 g/mol. The van der Waals surface area contributed by atoms with Crippen LogP contribution in [0.25, 0.3) is 0 Å². The first kappa shape index (κ1) is 72.0. The second-order valence-corrected chi connectivity index (χ2v) is 37.2. The van der Waals surface area contributed by atoms with Crippen molar-refractivity contribution in [3.8, 4) is 0 Å². The summed E-state index contributed by atoms with van der Waals surface area (Å²) < 4.78 is 197. The molecule has 0 aromatic heterocycles. The second-order valence-electron chi connectivity index (χ2n) is 25.5. The van der Waals surface area contributed by atoms with Crippen LogP contribution in [0.3, 0.4) is 0 Å². The van der Waals surface area contributed by atoms with E-state index in [1.165, 1.54) is 98.6 Å². The van der Waals surface area contributed by atoms with E-state index in [-0.39, 0.29) is 29.4 Å². The van der Waals surface area contributed by atoms with Crippen LogP contribution in [0.1, 0.15) is 100 Å². The lowest BCUT2D eigenvalue weighted by molar-refractivity contribution is 0.324. The number of aryl methyl sites for hydroxylation is 6. The van der Waals surface area contributed by atoms with Crippen molar-refractivity contribution in [3.05, 3.63) is 246 Å². The lowest BCUT2D eigenvalue weighted by Gasteiger charge is -2.35. The van der Waals surface area contributed by atoms with Gasteiger partial charge in [-0.15, -0.1) is 0 Å². The summed E-state index contributed by atoms with van der Waals surface area (Å²) in [7, 11) is -27.6. The van der Waals surface area contributed by atoms with E-state index in [2.05, 4.69) is 0 Å². The first-order valence-electron chi connectivity index (χ1n) is 31.7. The molecule has 0 N–H and O–H groups in total. The monoisotopic (exact) mass is 1420 g/mol. The number of benzene rings is 8. The van der Waals surface area contributed by atoms with Gasteiger partial charge in [-0.1, -0.05) is 106 Å². The molecule has 0 fully saturated rings. The minimum Gasteiger partial charge on any atom is -0.207 e. The fourth-order valence-electron chi connectivity index (χ4n) is 12.8. The van der Waals surface area contributed by atoms with Crippen molar-refractivity contribution in [2.24, 2.45) is 0 Å². The van der Waals surface area contributed by atoms with E-state index in [1.54, 1.807) is 114 Å². The highest BCUT2D eigenvalue weighted by Crippen LogP contribution is 2.38. The highest BCUT2D eigenvalue weighted by atomic mass is 32.2. The van der Waals surface area contributed by atoms with Crippen molar-refractivity contribution in [3.63, 3.8) is 0 Å². The molecule has 0 saturated heterocycles. The summed E-state index contributed by atoms with van der Waals surface area (Å²) in [5.41, 5.74) is 9.35. The zero-order chi connectivity index (χ0) is 69.8. The Morgan fingerprint density at radius 3 is 0.396 bits per heavy atom. The summed E-state index contributed by atoms with van der Waals surface area (Å²) in [5, 5.41) is 0. The van der Waals surface area contributed by atoms with E-state index in [9.17, 15) is 0 Å². The minimum atomic E-state index is -4.59. The molecule has 0 unspecified atom stereocenters. The molecule has 3 heterocycles. The van der Waals surface area contributed by atoms with Gasteiger partial charge in [-0.05, 0) is 223 Å². The Labute approximate surface area is 569 Å². The number of nitrogens with zero attached hydrogens (tertiary/aromatic N) is 6. The average Bonchev–Trinajstić information content (AvgIpc) is 0.774. The van der Waals surface area contributed by atoms with Crippen molar-refractivity contribution < 1.29 is 50.5 Å². The second kappa shape index (κ2) is 27.9. The molecule has 18 nitrogen and oxygen atoms in total. The Balaban J connectivity index is 1.36. The van der Waals surface area contributed by atoms with Crippen molar-refractivity contribution in [1.82, 2.24) is 25.8 Å². The zero-order valence-corrected chi connectivity index (χ0v) is 61.3. The van der Waals surface area contributed by atoms with Gasteiger partial charge in [0.1, 0.15) is 0 Å². The topological polar surface area (TPSA) is 224 Å². The third-order valence-corrected chi connectivity index (χ3v) is 30.3. The van der Waals surface area contributed by atoms with Crippen molar-refractivity contribution in [2.45, 2.75) is 152 Å². The lowest BCUT2D eigenvalue weighted by atomic mass is 9.87. The van der Waals surface area contributed by atoms with Crippen molar-refractivity contribution in [2.75, 3.05) is 39.3 Å². The van der Waals surface area contributed by atoms with Crippen molar-refractivity contribution in [1.29, 1.82) is 0 Å². The molecule has 0 saturated carbocycles. The number of hydrogen-bond donors (Lipinski definition) is 0. The van der Waals surface area contributed by atoms with E-state index < -0.39 is 139 Å². The Hall–Kier alpha value is -6.78. The predicted octanol–water partition coefficient (Wildman–Crippen LogP) is 11.3. The zero-order valence-electron chi connectivity index (χ0n) is 56.4. The molecule has 8 aromatic rings. The van der Waals surface area contributed by atoms with Gasteiger partial charge in [0, 0.05) is 78.5 Å². The van der Waals surface area contributed by atoms with Gasteiger partial charge in [-0.2, -0.15) is 25.8 Å². The fraction of sp³-hybridized carbons (Fsp3) is 0.333. The van der Waals surface area contributed by atoms with Crippen LogP contribution in [0.4, 0.5) is 0 Å². The van der Waals surface area contributed by atoms with Gasteiger partial charge in [-0.25, -0.2) is 50.5 Å². The van der Waals surface area contributed by atoms with E-state index in [0.29, 0.717) is 66.8 Å². The normalized spacial score (nSPS) is 16.5. The molecule has 11 rings (SSSR count). The summed E-state index contributed by atoms with van der Waals surface area (Å²) >= 11 is 0. The Kier molecular flexibility index (Phi) is 20.9. The summed E-state index contributed by atoms with van der Waals surface area (Å²) in [5.74, 6) is 0. The molecule has 0 radical (unpaired) electrons. The van der Waals surface area contributed by atoms with E-state index in [1.807, 2.05) is 41.5 Å². The van der Waals surface area contributed by atoms with Crippen LogP contribution in [0, 0.1) is 83.1 Å². The maximum absolute atomic E-state index is 15.8. The van der Waals surface area contributed by atoms with Crippen molar-refractivity contribution >= 4 is 60.1 Å². The van der Waals surface area contributed by atoms with Gasteiger partial charge in [0.15, 0.2) is 0 Å². The standard InChI is InChI=1S/C72H84N6O12S6/c1-49-13-25-61(26-14-49)91(79,80)73-37-38-74(92(81,82)62-27-15-50(2)16-28-62)44-70-58(10)71-47-77(95(87,88)65-33-21-53(5)22-34-65)41-39-75(93(83,84)63-29-17-51(3)18-30-63)45-68-55(7)67(43-73)56(8)69(57(68)9)46-76(94(85,86)64-31-19-52(4)20-32-64)40-42-78(48-72(59(70)11)60(71)12)96(89,90)66-35-23-54(6)24-36-66/h13-36H,37-48H2,1-12H3. The SMILES string of the molecule is Cc1ccc(S(=O)(=O)N2CCN(S(=O)(=O)c3ccc(C)cc3)Cc3c(C)c4c(C)c(c3C)CN(S(=O)(=O)c3ccc(C)cc3)CCN(S(=O)(=O)c3ccc(C)cc3)Cc3c(C)c(c(C)c(c3C)CN(S(=O)(=O)c3ccc(C)cc3)CCN(S(=O)(=O)c3ccc(C)cc3)C4)C2)cc1. The highest BCUT2D eigenvalue weighted by Gasteiger charge is 2.39. The largest absolute Gasteiger partial charge is 0.243 e. The molecule has 0 spiro atoms. The Morgan fingerprint density at radius 1 is 0.188 bits per heavy atom. The van der Waals surface area contributed by atoms with Gasteiger partial charge in [0.2, 0.25) is 60.1 Å². The van der Waals surface area contributed by atoms with Crippen LogP contribution in [-0.2, 0) is 99.4 Å². The molecule has 24 heteroatoms. The van der Waals surface area contributed by atoms with Gasteiger partial charge in [0.05, 0.1) is 29.4 Å². The number of fused-ring (bicyclic) bond motifs is 15. The van der Waals surface area contributed by atoms with Crippen LogP contribution < -0.4 is 0 Å². The smallest absolute Gasteiger partial charge is 0.207 e. The third kappa shape index (κ3) is 14.4. The van der Waals surface area contributed by atoms with Crippen LogP contribution in [0.2, 0.25) is 0 Å². The number of hydrogen-bond acceptors (Lipinski definition) is 12. The first-order chi connectivity index (χ1) is 45.0. The summed E-state index contributed by atoms with van der Waals surface area (Å²) in [6, 6.07) is 37.7. The van der Waals surface area contributed by atoms with E-state index >= 15 is 50.5 Å². The maximum Gasteiger partial charge on any atom is 0.243 e. The van der Waals surface area contributed by atoms with Crippen LogP contribution in [-0.4, -0.2) is 116 Å². The van der Waals surface area contributed by atoms with Gasteiger partial charge >= 0.3 is 0 Å². The molecular formula is C72H84N6O12S6. The van der Waals surface area contributed by atoms with Crippen LogP contribution >= 0.6 is 0 Å². The van der Waals surface area contributed by atoms with Crippen LogP contribution in [0.15, 0.2) is 175 Å². The Morgan fingerprint density at radius 2 is 0.292 bits per heavy atom. The molecule has 6 bridgehead atoms. The molecule has 3 aliphatic rings. The van der Waals surface area contributed by atoms with Gasteiger partial charge in [0.25, 0.3) is 0 Å². The minimum absolute atomic E-state index is 0.0892. The van der Waals surface area contributed by atoms with Crippen LogP contribution in [0.5, 0.6) is 0 Å². The molecule has 8 aromatic carbocycles. The summed E-state index contributed by atoms with van der Waals surface area (Å²) in [4.78, 5) is -0.535. The van der Waals surface area contributed by atoms with E-state index in [4.69, 9.17) is 0 Å². The van der Waals surface area contributed by atoms with Gasteiger partial charge < -0.3 is 0 Å². The number of sulfonamides is 6. The Bertz CT molecular complexity index is 4140. The molecule has 0 atom stereocenters. The third-order valence-electron chi connectivity index (χ3n) is 19.2. The quantitative estimate of drug-likeness (QED) is 0.111. The molecule has 0 aliphatic carbocycles. The maximum atomic E-state index is 15.8. The highest BCUT2D eigenvalue weighted by molar-refractivity contribution is 7.90. The molecule has 96 heavy (non-hydrogen) atoms. The first-order valence-corrected chi connectivity index (χ1v) is 40.3. The molecule has 0 amide bonds. The molecular weight excluding hydrogens is 1330 g/mol. The summed E-state index contributed by atoms with van der Waals surface area (Å²) in [6.45, 7) is 15.9. The van der Waals surface area contributed by atoms with E-state index in [0.717, 1.165) is 33.4 Å². The predicted molar refractivity (Wildman–Crippen MR) is 374 cm³/mol. The fourth-order valence-corrected chi connectivity index (χ4v) is 21.2. The molecule has 3 aliphatic heterocycles. The lowest BCUT2D eigenvalue weighted by Crippen LogP contribution is -2.43. The summed E-state index contributed by atoms with van der Waals surface area (Å²) in [6.07, 6.45) is 0. The molecule has 510 valence electrons. The number of rotatable bonds is 12. The van der Waals surface area contributed by atoms with Gasteiger partial charge in [-0.3, -0.25) is 0 Å².